The van der Waals surface area contributed by atoms with Crippen LogP contribution in [0, 0.1) is 5.82 Å². The Morgan fingerprint density at radius 2 is 2.40 bits per heavy atom. The highest BCUT2D eigenvalue weighted by atomic mass is 19.1. The van der Waals surface area contributed by atoms with Gasteiger partial charge in [0, 0.05) is 11.8 Å². The van der Waals surface area contributed by atoms with Crippen LogP contribution in [0.2, 0.25) is 0 Å². The molecule has 0 bridgehead atoms. The molecule has 2 N–H and O–H groups in total. The zero-order valence-corrected chi connectivity index (χ0v) is 7.90. The zero-order chi connectivity index (χ0) is 11.3. The maximum absolute atomic E-state index is 13.0. The molecule has 0 atom stereocenters. The van der Waals surface area contributed by atoms with Crippen LogP contribution in [0.4, 0.5) is 10.1 Å². The summed E-state index contributed by atoms with van der Waals surface area (Å²) >= 11 is 0. The largest absolute Gasteiger partial charge is 0.494 e. The Morgan fingerprint density at radius 1 is 1.67 bits per heavy atom. The number of rotatable bonds is 3. The molecule has 15 heavy (non-hydrogen) atoms. The van der Waals surface area contributed by atoms with Crippen LogP contribution >= 0.6 is 0 Å². The van der Waals surface area contributed by atoms with E-state index in [1.54, 1.807) is 0 Å². The fraction of sp³-hybridized carbons (Fsp3) is 0.111. The third-order valence-electron chi connectivity index (χ3n) is 1.59. The molecule has 0 aliphatic heterocycles. The van der Waals surface area contributed by atoms with Gasteiger partial charge in [-0.2, -0.15) is 0 Å². The first kappa shape index (κ1) is 11.0. The summed E-state index contributed by atoms with van der Waals surface area (Å²) < 4.78 is 17.7. The van der Waals surface area contributed by atoms with Gasteiger partial charge in [-0.15, -0.1) is 0 Å². The highest BCUT2D eigenvalue weighted by molar-refractivity contribution is 6.31. The number of nitrogens with zero attached hydrogens (tertiary/aromatic N) is 1. The second-order valence-corrected chi connectivity index (χ2v) is 2.58. The van der Waals surface area contributed by atoms with E-state index in [2.05, 4.69) is 10.5 Å². The van der Waals surface area contributed by atoms with E-state index < -0.39 is 11.7 Å². The Balaban J connectivity index is 2.83. The van der Waals surface area contributed by atoms with Crippen LogP contribution in [-0.2, 0) is 4.79 Å². The summed E-state index contributed by atoms with van der Waals surface area (Å²) in [5.74, 6) is -1.12. The smallest absolute Gasteiger partial charge is 0.270 e. The van der Waals surface area contributed by atoms with E-state index in [0.717, 1.165) is 6.07 Å². The van der Waals surface area contributed by atoms with Gasteiger partial charge in [0.25, 0.3) is 5.91 Å². The number of carbonyl (C=O) groups excluding carboxylic acids is 1. The Morgan fingerprint density at radius 3 is 3.00 bits per heavy atom. The normalized spacial score (nSPS) is 10.3. The van der Waals surface area contributed by atoms with E-state index in [-0.39, 0.29) is 5.75 Å². The van der Waals surface area contributed by atoms with Crippen molar-refractivity contribution in [2.45, 2.75) is 0 Å². The monoisotopic (exact) mass is 212 g/mol. The molecule has 6 heteroatoms. The summed E-state index contributed by atoms with van der Waals surface area (Å²) in [6, 6.07) is 3.84. The minimum atomic E-state index is -0.619. The second kappa shape index (κ2) is 4.94. The van der Waals surface area contributed by atoms with E-state index in [0.29, 0.717) is 11.9 Å². The van der Waals surface area contributed by atoms with Gasteiger partial charge >= 0.3 is 0 Å². The molecular formula is C9H9FN2O3. The summed E-state index contributed by atoms with van der Waals surface area (Å²) in [6.45, 7) is 0. The molecule has 5 nitrogen and oxygen atoms in total. The topological polar surface area (TPSA) is 70.9 Å². The van der Waals surface area contributed by atoms with Crippen molar-refractivity contribution < 1.29 is 19.1 Å². The lowest BCUT2D eigenvalue weighted by Gasteiger charge is -2.05. The first-order valence-corrected chi connectivity index (χ1v) is 3.99. The molecule has 0 aliphatic carbocycles. The molecule has 1 aromatic carbocycles. The average molecular weight is 212 g/mol. The molecule has 0 unspecified atom stereocenters. The van der Waals surface area contributed by atoms with Crippen molar-refractivity contribution in [1.82, 2.24) is 0 Å². The molecule has 1 rings (SSSR count). The van der Waals surface area contributed by atoms with Crippen LogP contribution in [0.25, 0.3) is 0 Å². The molecule has 0 fully saturated rings. The zero-order valence-electron chi connectivity index (χ0n) is 7.90. The Labute approximate surface area is 85.2 Å². The number of ether oxygens (including phenoxy) is 1. The predicted molar refractivity (Wildman–Crippen MR) is 51.9 cm³/mol. The second-order valence-electron chi connectivity index (χ2n) is 2.58. The van der Waals surface area contributed by atoms with E-state index in [1.165, 1.54) is 19.2 Å². The fourth-order valence-electron chi connectivity index (χ4n) is 0.965. The van der Waals surface area contributed by atoms with Crippen LogP contribution in [0.1, 0.15) is 0 Å². The van der Waals surface area contributed by atoms with Crippen LogP contribution in [0.5, 0.6) is 5.75 Å². The minimum absolute atomic E-state index is 0.0220. The summed E-state index contributed by atoms with van der Waals surface area (Å²) in [7, 11) is 1.32. The number of halogens is 1. The standard InChI is InChI=1S/C9H9FN2O3/c1-15-8-4-6(2-3-7(8)10)12-9(13)5-11-14/h2-5,14H,1H3,(H,12,13). The highest BCUT2D eigenvalue weighted by Crippen LogP contribution is 2.21. The average Bonchev–Trinajstić information content (AvgIpc) is 2.21. The van der Waals surface area contributed by atoms with Gasteiger partial charge in [-0.1, -0.05) is 5.16 Å². The van der Waals surface area contributed by atoms with Gasteiger partial charge in [-0.25, -0.2) is 4.39 Å². The van der Waals surface area contributed by atoms with Gasteiger partial charge < -0.3 is 15.3 Å². The van der Waals surface area contributed by atoms with E-state index >= 15 is 0 Å². The molecule has 1 aromatic rings. The number of carbonyl (C=O) groups is 1. The number of hydrogen-bond acceptors (Lipinski definition) is 4. The van der Waals surface area contributed by atoms with Crippen LogP contribution in [-0.4, -0.2) is 24.4 Å². The summed E-state index contributed by atoms with van der Waals surface area (Å²) in [6.07, 6.45) is 0.690. The Hall–Kier alpha value is -2.11. The number of benzene rings is 1. The lowest BCUT2D eigenvalue weighted by atomic mass is 10.3. The number of nitrogens with one attached hydrogen (secondary N) is 1. The molecule has 80 valence electrons. The van der Waals surface area contributed by atoms with Gasteiger partial charge in [0.1, 0.15) is 6.21 Å². The third kappa shape index (κ3) is 2.94. The van der Waals surface area contributed by atoms with E-state index in [9.17, 15) is 9.18 Å². The van der Waals surface area contributed by atoms with Gasteiger partial charge in [-0.05, 0) is 12.1 Å². The number of hydrogen-bond donors (Lipinski definition) is 2. The molecule has 0 saturated heterocycles. The highest BCUT2D eigenvalue weighted by Gasteiger charge is 2.05. The molecule has 0 aliphatic rings. The molecule has 0 saturated carbocycles. The Kier molecular flexibility index (Phi) is 3.61. The maximum atomic E-state index is 13.0. The van der Waals surface area contributed by atoms with E-state index in [4.69, 9.17) is 9.94 Å². The first-order chi connectivity index (χ1) is 7.17. The molecule has 0 spiro atoms. The van der Waals surface area contributed by atoms with Gasteiger partial charge in [-0.3, -0.25) is 4.79 Å². The van der Waals surface area contributed by atoms with Gasteiger partial charge in [0.2, 0.25) is 0 Å². The quantitative estimate of drug-likeness (QED) is 0.449. The van der Waals surface area contributed by atoms with Crippen molar-refractivity contribution >= 4 is 17.8 Å². The van der Waals surface area contributed by atoms with Gasteiger partial charge in [0.15, 0.2) is 11.6 Å². The lowest BCUT2D eigenvalue weighted by Crippen LogP contribution is -2.12. The molecule has 1 amide bonds. The summed E-state index contributed by atoms with van der Waals surface area (Å²) in [5.41, 5.74) is 0.346. The predicted octanol–water partition coefficient (Wildman–Crippen LogP) is 1.23. The molecule has 0 aromatic heterocycles. The molecule has 0 radical (unpaired) electrons. The van der Waals surface area contributed by atoms with Crippen molar-refractivity contribution in [2.24, 2.45) is 5.16 Å². The number of anilines is 1. The summed E-state index contributed by atoms with van der Waals surface area (Å²) in [4.78, 5) is 10.9. The maximum Gasteiger partial charge on any atom is 0.270 e. The van der Waals surface area contributed by atoms with Crippen molar-refractivity contribution in [3.8, 4) is 5.75 Å². The first-order valence-electron chi connectivity index (χ1n) is 3.99. The minimum Gasteiger partial charge on any atom is -0.494 e. The van der Waals surface area contributed by atoms with Crippen molar-refractivity contribution in [1.29, 1.82) is 0 Å². The van der Waals surface area contributed by atoms with E-state index in [1.807, 2.05) is 0 Å². The van der Waals surface area contributed by atoms with Crippen LogP contribution in [0.15, 0.2) is 23.4 Å². The SMILES string of the molecule is COc1cc(NC(=O)C=NO)ccc1F. The van der Waals surface area contributed by atoms with Crippen molar-refractivity contribution in [3.05, 3.63) is 24.0 Å². The number of oxime groups is 1. The lowest BCUT2D eigenvalue weighted by molar-refractivity contribution is -0.110. The van der Waals surface area contributed by atoms with Crippen molar-refractivity contribution in [3.63, 3.8) is 0 Å². The third-order valence-corrected chi connectivity index (χ3v) is 1.59. The summed E-state index contributed by atoms with van der Waals surface area (Å²) in [5, 5.41) is 13.0. The number of methoxy groups -OCH3 is 1. The molecular weight excluding hydrogens is 203 g/mol. The van der Waals surface area contributed by atoms with Crippen LogP contribution in [0.3, 0.4) is 0 Å². The number of amides is 1. The van der Waals surface area contributed by atoms with Gasteiger partial charge in [0.05, 0.1) is 7.11 Å². The Bertz CT molecular complexity index is 393. The van der Waals surface area contributed by atoms with Crippen LogP contribution < -0.4 is 10.1 Å². The molecule has 0 heterocycles. The van der Waals surface area contributed by atoms with Crippen molar-refractivity contribution in [2.75, 3.05) is 12.4 Å². The fourth-order valence-corrected chi connectivity index (χ4v) is 0.965.